The second-order valence-corrected chi connectivity index (χ2v) is 6.62. The molecule has 0 saturated carbocycles. The number of likely N-dealkylation sites (N-methyl/N-ethyl adjacent to an activating group) is 1. The van der Waals surface area contributed by atoms with Gasteiger partial charge in [0, 0.05) is 32.7 Å². The summed E-state index contributed by atoms with van der Waals surface area (Å²) in [6, 6.07) is 7.47. The molecule has 0 aliphatic carbocycles. The van der Waals surface area contributed by atoms with Gasteiger partial charge in [-0.3, -0.25) is 9.36 Å². The third-order valence-electron chi connectivity index (χ3n) is 4.85. The van der Waals surface area contributed by atoms with Crippen molar-refractivity contribution in [3.05, 3.63) is 34.7 Å². The second kappa shape index (κ2) is 7.63. The van der Waals surface area contributed by atoms with Gasteiger partial charge in [-0.15, -0.1) is 0 Å². The number of hydrogen-bond donors (Lipinski definition) is 2. The minimum atomic E-state index is -0.249. The van der Waals surface area contributed by atoms with Crippen LogP contribution >= 0.6 is 0 Å². The second-order valence-electron chi connectivity index (χ2n) is 6.62. The highest BCUT2D eigenvalue weighted by molar-refractivity contribution is 5.84. The van der Waals surface area contributed by atoms with Crippen molar-refractivity contribution in [1.29, 1.82) is 0 Å². The molecule has 8 nitrogen and oxygen atoms in total. The van der Waals surface area contributed by atoms with Crippen molar-refractivity contribution in [2.45, 2.75) is 25.8 Å². The number of piperidine rings is 1. The maximum absolute atomic E-state index is 12.4. The summed E-state index contributed by atoms with van der Waals surface area (Å²) in [7, 11) is 1.61. The minimum Gasteiger partial charge on any atom is -0.341 e. The molecule has 1 aromatic carbocycles. The topological polar surface area (TPSA) is 90.4 Å². The highest BCUT2D eigenvalue weighted by Gasteiger charge is 2.27. The fourth-order valence-electron chi connectivity index (χ4n) is 3.47. The van der Waals surface area contributed by atoms with Gasteiger partial charge in [-0.1, -0.05) is 12.1 Å². The van der Waals surface area contributed by atoms with Crippen molar-refractivity contribution in [3.8, 4) is 0 Å². The van der Waals surface area contributed by atoms with Crippen LogP contribution in [0.4, 0.5) is 4.79 Å². The first-order chi connectivity index (χ1) is 12.5. The van der Waals surface area contributed by atoms with Gasteiger partial charge in [-0.05, 0) is 31.9 Å². The van der Waals surface area contributed by atoms with Gasteiger partial charge >= 0.3 is 11.7 Å². The molecule has 3 amide bonds. The van der Waals surface area contributed by atoms with Crippen LogP contribution in [-0.4, -0.2) is 64.5 Å². The SMILES string of the molecule is CCNC(=O)N(C)CC(=O)N1CCC(n2c(=O)[nH]c3ccccc32)CC1. The number of nitrogens with zero attached hydrogens (tertiary/aromatic N) is 3. The Morgan fingerprint density at radius 3 is 2.65 bits per heavy atom. The van der Waals surface area contributed by atoms with E-state index in [1.165, 1.54) is 4.90 Å². The molecule has 8 heteroatoms. The maximum atomic E-state index is 12.4. The summed E-state index contributed by atoms with van der Waals surface area (Å²) in [6.07, 6.45) is 1.44. The Labute approximate surface area is 151 Å². The number of hydrogen-bond acceptors (Lipinski definition) is 3. The molecular formula is C18H25N5O3. The maximum Gasteiger partial charge on any atom is 0.326 e. The van der Waals surface area contributed by atoms with Crippen LogP contribution in [0.5, 0.6) is 0 Å². The van der Waals surface area contributed by atoms with Crippen LogP contribution in [0.15, 0.2) is 29.1 Å². The van der Waals surface area contributed by atoms with E-state index in [0.29, 0.717) is 19.6 Å². The molecule has 1 saturated heterocycles. The van der Waals surface area contributed by atoms with Crippen molar-refractivity contribution < 1.29 is 9.59 Å². The molecule has 140 valence electrons. The average Bonchev–Trinajstić information content (AvgIpc) is 2.97. The van der Waals surface area contributed by atoms with Gasteiger partial charge in [0.1, 0.15) is 6.54 Å². The van der Waals surface area contributed by atoms with Gasteiger partial charge in [-0.25, -0.2) is 9.59 Å². The zero-order valence-corrected chi connectivity index (χ0v) is 15.2. The van der Waals surface area contributed by atoms with Crippen molar-refractivity contribution in [2.24, 2.45) is 0 Å². The zero-order valence-electron chi connectivity index (χ0n) is 15.2. The Kier molecular flexibility index (Phi) is 5.29. The molecule has 0 radical (unpaired) electrons. The third kappa shape index (κ3) is 3.58. The van der Waals surface area contributed by atoms with Crippen LogP contribution in [-0.2, 0) is 4.79 Å². The molecule has 2 heterocycles. The smallest absolute Gasteiger partial charge is 0.326 e. The predicted octanol–water partition coefficient (Wildman–Crippen LogP) is 1.15. The van der Waals surface area contributed by atoms with Gasteiger partial charge in [0.2, 0.25) is 5.91 Å². The van der Waals surface area contributed by atoms with Crippen molar-refractivity contribution in [3.63, 3.8) is 0 Å². The van der Waals surface area contributed by atoms with Gasteiger partial charge in [0.15, 0.2) is 0 Å². The average molecular weight is 359 g/mol. The summed E-state index contributed by atoms with van der Waals surface area (Å²) in [5.74, 6) is -0.0662. The molecule has 0 spiro atoms. The van der Waals surface area contributed by atoms with Gasteiger partial charge in [0.05, 0.1) is 11.0 Å². The van der Waals surface area contributed by atoms with E-state index in [0.717, 1.165) is 23.9 Å². The number of carbonyl (C=O) groups is 2. The molecule has 2 N–H and O–H groups in total. The van der Waals surface area contributed by atoms with Gasteiger partial charge in [0.25, 0.3) is 0 Å². The first-order valence-electron chi connectivity index (χ1n) is 8.97. The molecular weight excluding hydrogens is 334 g/mol. The van der Waals surface area contributed by atoms with Crippen LogP contribution < -0.4 is 11.0 Å². The molecule has 1 aromatic heterocycles. The summed E-state index contributed by atoms with van der Waals surface area (Å²) >= 11 is 0. The van der Waals surface area contributed by atoms with Crippen molar-refractivity contribution in [2.75, 3.05) is 33.2 Å². The molecule has 2 aromatic rings. The zero-order chi connectivity index (χ0) is 18.7. The number of carbonyl (C=O) groups excluding carboxylic acids is 2. The van der Waals surface area contributed by atoms with E-state index in [9.17, 15) is 14.4 Å². The van der Waals surface area contributed by atoms with Crippen LogP contribution in [0.2, 0.25) is 0 Å². The van der Waals surface area contributed by atoms with Crippen molar-refractivity contribution >= 4 is 23.0 Å². The third-order valence-corrected chi connectivity index (χ3v) is 4.85. The number of amides is 3. The molecule has 0 unspecified atom stereocenters. The standard InChI is InChI=1S/C18H25N5O3/c1-3-19-17(25)21(2)12-16(24)22-10-8-13(9-11-22)23-15-7-5-4-6-14(15)20-18(23)26/h4-7,13H,3,8-12H2,1-2H3,(H,19,25)(H,20,26). The first-order valence-corrected chi connectivity index (χ1v) is 8.97. The molecule has 1 fully saturated rings. The number of H-pyrrole nitrogens is 1. The summed E-state index contributed by atoms with van der Waals surface area (Å²) < 4.78 is 1.80. The van der Waals surface area contributed by atoms with E-state index < -0.39 is 0 Å². The number of urea groups is 1. The quantitative estimate of drug-likeness (QED) is 0.858. The number of aromatic nitrogens is 2. The number of rotatable bonds is 4. The molecule has 3 rings (SSSR count). The highest BCUT2D eigenvalue weighted by atomic mass is 16.2. The number of likely N-dealkylation sites (tertiary alicyclic amines) is 1. The number of imidazole rings is 1. The molecule has 26 heavy (non-hydrogen) atoms. The molecule has 0 atom stereocenters. The predicted molar refractivity (Wildman–Crippen MR) is 99.1 cm³/mol. The Morgan fingerprint density at radius 1 is 1.27 bits per heavy atom. The van der Waals surface area contributed by atoms with Crippen LogP contribution in [0.25, 0.3) is 11.0 Å². The normalized spacial score (nSPS) is 15.2. The lowest BCUT2D eigenvalue weighted by Crippen LogP contribution is -2.47. The van der Waals surface area contributed by atoms with E-state index in [-0.39, 0.29) is 30.2 Å². The number of fused-ring (bicyclic) bond motifs is 1. The highest BCUT2D eigenvalue weighted by Crippen LogP contribution is 2.24. The summed E-state index contributed by atoms with van der Waals surface area (Å²) in [6.45, 7) is 3.59. The fraction of sp³-hybridized carbons (Fsp3) is 0.500. The van der Waals surface area contributed by atoms with Crippen molar-refractivity contribution in [1.82, 2.24) is 24.7 Å². The number of para-hydroxylation sites is 2. The molecule has 1 aliphatic heterocycles. The van der Waals surface area contributed by atoms with E-state index in [1.807, 2.05) is 31.2 Å². The minimum absolute atomic E-state index is 0.0591. The van der Waals surface area contributed by atoms with Crippen LogP contribution in [0, 0.1) is 0 Å². The van der Waals surface area contributed by atoms with E-state index in [1.54, 1.807) is 16.5 Å². The number of nitrogens with one attached hydrogen (secondary N) is 2. The fourth-order valence-corrected chi connectivity index (χ4v) is 3.47. The number of aromatic amines is 1. The van der Waals surface area contributed by atoms with Gasteiger partial charge in [-0.2, -0.15) is 0 Å². The Bertz CT molecular complexity index is 848. The van der Waals surface area contributed by atoms with E-state index in [2.05, 4.69) is 10.3 Å². The van der Waals surface area contributed by atoms with Crippen LogP contribution in [0.3, 0.4) is 0 Å². The largest absolute Gasteiger partial charge is 0.341 e. The summed E-state index contributed by atoms with van der Waals surface area (Å²) in [4.78, 5) is 42.5. The summed E-state index contributed by atoms with van der Waals surface area (Å²) in [5, 5.41) is 2.68. The Morgan fingerprint density at radius 2 is 1.96 bits per heavy atom. The monoisotopic (exact) mass is 359 g/mol. The molecule has 1 aliphatic rings. The van der Waals surface area contributed by atoms with Gasteiger partial charge < -0.3 is 20.1 Å². The number of benzene rings is 1. The summed E-state index contributed by atoms with van der Waals surface area (Å²) in [5.41, 5.74) is 1.63. The van der Waals surface area contributed by atoms with E-state index >= 15 is 0 Å². The molecule has 0 bridgehead atoms. The first kappa shape index (κ1) is 18.0. The lowest BCUT2D eigenvalue weighted by atomic mass is 10.0. The van der Waals surface area contributed by atoms with E-state index in [4.69, 9.17) is 0 Å². The van der Waals surface area contributed by atoms with Crippen LogP contribution in [0.1, 0.15) is 25.8 Å². The lowest BCUT2D eigenvalue weighted by molar-refractivity contribution is -0.132. The Balaban J connectivity index is 1.62. The lowest BCUT2D eigenvalue weighted by Gasteiger charge is -2.33. The Hall–Kier alpha value is -2.77.